The van der Waals surface area contributed by atoms with Crippen molar-refractivity contribution in [1.82, 2.24) is 0 Å². The van der Waals surface area contributed by atoms with Gasteiger partial charge in [0.25, 0.3) is 0 Å². The van der Waals surface area contributed by atoms with Crippen molar-refractivity contribution in [3.8, 4) is 0 Å². The van der Waals surface area contributed by atoms with Crippen LogP contribution in [0.25, 0.3) is 0 Å². The first kappa shape index (κ1) is 31.0. The van der Waals surface area contributed by atoms with Crippen LogP contribution in [0.2, 0.25) is 0 Å². The number of hydrogen-bond donors (Lipinski definition) is 4. The molecule has 0 amide bonds. The van der Waals surface area contributed by atoms with Gasteiger partial charge in [0, 0.05) is 6.42 Å². The van der Waals surface area contributed by atoms with Crippen molar-refractivity contribution in [2.45, 2.75) is 128 Å². The van der Waals surface area contributed by atoms with Crippen molar-refractivity contribution in [3.63, 3.8) is 0 Å². The molecule has 200 valence electrons. The third-order valence-electron chi connectivity index (χ3n) is 6.09. The summed E-state index contributed by atoms with van der Waals surface area (Å²) in [6.45, 7) is 2.06. The Bertz CT molecular complexity index is 521. The Morgan fingerprint density at radius 2 is 1.38 bits per heavy atom. The molecule has 0 saturated carbocycles. The fourth-order valence-corrected chi connectivity index (χ4v) is 3.93. The summed E-state index contributed by atoms with van der Waals surface area (Å²) in [6.07, 6.45) is 12.7. The molecule has 0 aliphatic carbocycles. The van der Waals surface area contributed by atoms with Gasteiger partial charge in [-0.05, 0) is 32.1 Å². The molecule has 1 heterocycles. The van der Waals surface area contributed by atoms with Crippen LogP contribution in [0.1, 0.15) is 96.8 Å². The topological polar surface area (TPSA) is 126 Å². The van der Waals surface area contributed by atoms with Gasteiger partial charge in [-0.15, -0.1) is 0 Å². The van der Waals surface area contributed by atoms with E-state index >= 15 is 0 Å². The third kappa shape index (κ3) is 13.8. The molecule has 0 spiro atoms. The summed E-state index contributed by atoms with van der Waals surface area (Å²) in [5, 5.41) is 38.9. The summed E-state index contributed by atoms with van der Waals surface area (Å²) < 4.78 is 16.0. The van der Waals surface area contributed by atoms with Crippen LogP contribution in [-0.2, 0) is 19.0 Å². The molecule has 1 aliphatic heterocycles. The van der Waals surface area contributed by atoms with Crippen molar-refractivity contribution < 1.29 is 39.4 Å². The zero-order chi connectivity index (χ0) is 25.0. The second-order valence-electron chi connectivity index (χ2n) is 9.13. The molecule has 8 nitrogen and oxygen atoms in total. The highest BCUT2D eigenvalue weighted by molar-refractivity contribution is 5.69. The Morgan fingerprint density at radius 3 is 1.94 bits per heavy atom. The van der Waals surface area contributed by atoms with E-state index in [-0.39, 0.29) is 19.6 Å². The lowest BCUT2D eigenvalue weighted by molar-refractivity contribution is -0.210. The Balaban J connectivity index is 2.14. The highest BCUT2D eigenvalue weighted by atomic mass is 16.7. The van der Waals surface area contributed by atoms with Gasteiger partial charge >= 0.3 is 5.97 Å². The summed E-state index contributed by atoms with van der Waals surface area (Å²) in [7, 11) is 0. The quantitative estimate of drug-likeness (QED) is 0.110. The van der Waals surface area contributed by atoms with Crippen molar-refractivity contribution in [2.24, 2.45) is 0 Å². The number of esters is 1. The fourth-order valence-electron chi connectivity index (χ4n) is 3.93. The van der Waals surface area contributed by atoms with Gasteiger partial charge < -0.3 is 34.6 Å². The van der Waals surface area contributed by atoms with Crippen LogP contribution in [0.4, 0.5) is 0 Å². The SMILES string of the molecule is CCCCCCCC/C=C\CCCCCCCC(=O)O[C@@H](C1OCCO1)[C@@H](O)[C@@H](O)[C@H](O)CO. The molecule has 0 aromatic rings. The smallest absolute Gasteiger partial charge is 0.306 e. The zero-order valence-electron chi connectivity index (χ0n) is 21.0. The van der Waals surface area contributed by atoms with Crippen molar-refractivity contribution in [2.75, 3.05) is 19.8 Å². The molecule has 0 bridgehead atoms. The fraction of sp³-hybridized carbons (Fsp3) is 0.885. The molecule has 1 aliphatic rings. The van der Waals surface area contributed by atoms with Gasteiger partial charge in [-0.25, -0.2) is 0 Å². The van der Waals surface area contributed by atoms with E-state index < -0.39 is 43.3 Å². The van der Waals surface area contributed by atoms with E-state index in [4.69, 9.17) is 19.3 Å². The van der Waals surface area contributed by atoms with Crippen molar-refractivity contribution in [1.29, 1.82) is 0 Å². The summed E-state index contributed by atoms with van der Waals surface area (Å²) in [6, 6.07) is 0. The maximum Gasteiger partial charge on any atom is 0.306 e. The average molecular weight is 489 g/mol. The van der Waals surface area contributed by atoms with E-state index in [9.17, 15) is 20.1 Å². The molecule has 0 aromatic carbocycles. The van der Waals surface area contributed by atoms with Gasteiger partial charge in [0.2, 0.25) is 0 Å². The molecule has 0 radical (unpaired) electrons. The lowest BCUT2D eigenvalue weighted by atomic mass is 10.0. The first-order valence-electron chi connectivity index (χ1n) is 13.2. The average Bonchev–Trinajstić information content (AvgIpc) is 3.38. The normalized spacial score (nSPS) is 18.3. The molecule has 0 aromatic heterocycles. The van der Waals surface area contributed by atoms with Gasteiger partial charge in [-0.3, -0.25) is 4.79 Å². The monoisotopic (exact) mass is 488 g/mol. The minimum Gasteiger partial charge on any atom is -0.454 e. The second kappa shape index (κ2) is 20.2. The van der Waals surface area contributed by atoms with Gasteiger partial charge in [0.1, 0.15) is 18.3 Å². The number of aliphatic hydroxyl groups is 4. The number of carbonyl (C=O) groups is 1. The molecule has 0 unspecified atom stereocenters. The van der Waals surface area contributed by atoms with Crippen molar-refractivity contribution in [3.05, 3.63) is 12.2 Å². The van der Waals surface area contributed by atoms with Crippen LogP contribution in [0, 0.1) is 0 Å². The van der Waals surface area contributed by atoms with Crippen LogP contribution in [-0.4, -0.2) is 76.9 Å². The van der Waals surface area contributed by atoms with Crippen LogP contribution in [0.5, 0.6) is 0 Å². The zero-order valence-corrected chi connectivity index (χ0v) is 21.0. The molecule has 4 atom stereocenters. The number of hydrogen-bond acceptors (Lipinski definition) is 8. The highest BCUT2D eigenvalue weighted by Crippen LogP contribution is 2.20. The van der Waals surface area contributed by atoms with Gasteiger partial charge in [-0.1, -0.05) is 70.4 Å². The minimum atomic E-state index is -1.70. The van der Waals surface area contributed by atoms with Gasteiger partial charge in [0.05, 0.1) is 19.8 Å². The molecule has 8 heteroatoms. The minimum absolute atomic E-state index is 0.187. The number of ether oxygens (including phenoxy) is 3. The van der Waals surface area contributed by atoms with Crippen LogP contribution >= 0.6 is 0 Å². The predicted molar refractivity (Wildman–Crippen MR) is 130 cm³/mol. The maximum atomic E-state index is 12.3. The summed E-state index contributed by atoms with van der Waals surface area (Å²) in [4.78, 5) is 12.3. The largest absolute Gasteiger partial charge is 0.454 e. The van der Waals surface area contributed by atoms with E-state index in [0.717, 1.165) is 32.1 Å². The summed E-state index contributed by atoms with van der Waals surface area (Å²) in [5.41, 5.74) is 0. The number of aliphatic hydroxyl groups excluding tert-OH is 4. The molecule has 1 fully saturated rings. The predicted octanol–water partition coefficient (Wildman–Crippen LogP) is 3.38. The first-order chi connectivity index (χ1) is 16.5. The Morgan fingerprint density at radius 1 is 0.853 bits per heavy atom. The summed E-state index contributed by atoms with van der Waals surface area (Å²) in [5.74, 6) is -0.522. The van der Waals surface area contributed by atoms with E-state index in [1.54, 1.807) is 0 Å². The van der Waals surface area contributed by atoms with Crippen LogP contribution < -0.4 is 0 Å². The van der Waals surface area contributed by atoms with Crippen molar-refractivity contribution >= 4 is 5.97 Å². The van der Waals surface area contributed by atoms with E-state index in [0.29, 0.717) is 6.42 Å². The summed E-state index contributed by atoms with van der Waals surface area (Å²) >= 11 is 0. The first-order valence-corrected chi connectivity index (χ1v) is 13.2. The Hall–Kier alpha value is -1.03. The lowest BCUT2D eigenvalue weighted by Crippen LogP contribution is -2.52. The standard InChI is InChI=1S/C26H48O8/c1-2-3-4-5-6-7-8-9-10-11-12-13-14-15-16-17-22(29)34-25(26-32-18-19-33-26)24(31)23(30)21(28)20-27/h9-10,21,23-28,30-31H,2-8,11-20H2,1H3/b10-9-/t21-,23+,24+,25-/m1/s1. The molecular formula is C26H48O8. The molecule has 1 rings (SSSR count). The van der Waals surface area contributed by atoms with Gasteiger partial charge in [-0.2, -0.15) is 0 Å². The van der Waals surface area contributed by atoms with Crippen LogP contribution in [0.15, 0.2) is 12.2 Å². The molecule has 34 heavy (non-hydrogen) atoms. The number of allylic oxidation sites excluding steroid dienone is 2. The molecule has 4 N–H and O–H groups in total. The number of rotatable bonds is 21. The highest BCUT2D eigenvalue weighted by Gasteiger charge is 2.41. The third-order valence-corrected chi connectivity index (χ3v) is 6.09. The van der Waals surface area contributed by atoms with E-state index in [1.807, 2.05) is 0 Å². The Kier molecular flexibility index (Phi) is 18.4. The molecular weight excluding hydrogens is 440 g/mol. The maximum absolute atomic E-state index is 12.3. The second-order valence-corrected chi connectivity index (χ2v) is 9.13. The van der Waals surface area contributed by atoms with Gasteiger partial charge in [0.15, 0.2) is 12.4 Å². The molecule has 1 saturated heterocycles. The Labute approximate surface area is 205 Å². The number of unbranched alkanes of at least 4 members (excludes halogenated alkanes) is 11. The lowest BCUT2D eigenvalue weighted by Gasteiger charge is -2.31. The van der Waals surface area contributed by atoms with E-state index in [1.165, 1.54) is 44.9 Å². The van der Waals surface area contributed by atoms with Crippen LogP contribution in [0.3, 0.4) is 0 Å². The number of carbonyl (C=O) groups excluding carboxylic acids is 1. The van der Waals surface area contributed by atoms with E-state index in [2.05, 4.69) is 19.1 Å².